The van der Waals surface area contributed by atoms with Crippen molar-refractivity contribution in [3.05, 3.63) is 35.2 Å². The average Bonchev–Trinajstić information content (AvgIpc) is 2.44. The summed E-state index contributed by atoms with van der Waals surface area (Å²) in [6, 6.07) is 8.90. The highest BCUT2D eigenvalue weighted by molar-refractivity contribution is 5.78. The van der Waals surface area contributed by atoms with Crippen molar-refractivity contribution in [2.24, 2.45) is 10.7 Å². The molecule has 0 saturated carbocycles. The van der Waals surface area contributed by atoms with Gasteiger partial charge in [0.1, 0.15) is 23.6 Å². The zero-order valence-electron chi connectivity index (χ0n) is 10.6. The zero-order valence-corrected chi connectivity index (χ0v) is 10.6. The number of nitrogens with one attached hydrogen (secondary N) is 1. The molecule has 1 aromatic carbocycles. The van der Waals surface area contributed by atoms with E-state index in [4.69, 9.17) is 21.0 Å². The molecule has 0 unspecified atom stereocenters. The average molecular weight is 255 g/mol. The number of nitrogens with two attached hydrogens (primary N) is 1. The van der Waals surface area contributed by atoms with Gasteiger partial charge in [-0.15, -0.1) is 0 Å². The molecule has 0 aromatic heterocycles. The normalized spacial score (nSPS) is 11.4. The molecule has 19 heavy (non-hydrogen) atoms. The third kappa shape index (κ3) is 3.76. The van der Waals surface area contributed by atoms with Crippen LogP contribution in [0.25, 0.3) is 0 Å². The number of benzene rings is 1. The topological polar surface area (TPSA) is 107 Å². The van der Waals surface area contributed by atoms with Gasteiger partial charge in [0.2, 0.25) is 0 Å². The van der Waals surface area contributed by atoms with Gasteiger partial charge in [0.15, 0.2) is 5.70 Å². The van der Waals surface area contributed by atoms with Gasteiger partial charge < -0.3 is 15.8 Å². The van der Waals surface area contributed by atoms with Crippen LogP contribution in [0.15, 0.2) is 34.6 Å². The summed E-state index contributed by atoms with van der Waals surface area (Å²) in [5.41, 5.74) is 6.75. The smallest absolute Gasteiger partial charge is 0.175 e. The summed E-state index contributed by atoms with van der Waals surface area (Å²) in [7, 11) is 1.60. The number of nitrogens with zero attached hydrogens (tertiary/aromatic N) is 3. The van der Waals surface area contributed by atoms with E-state index in [9.17, 15) is 0 Å². The second-order valence-corrected chi connectivity index (χ2v) is 3.57. The van der Waals surface area contributed by atoms with E-state index in [1.54, 1.807) is 25.3 Å². The number of methoxy groups -OCH3 is 1. The summed E-state index contributed by atoms with van der Waals surface area (Å²) in [4.78, 5) is 3.80. The van der Waals surface area contributed by atoms with Crippen molar-refractivity contribution < 1.29 is 4.74 Å². The minimum absolute atomic E-state index is 0.124. The summed E-state index contributed by atoms with van der Waals surface area (Å²) < 4.78 is 5.09. The van der Waals surface area contributed by atoms with Crippen molar-refractivity contribution in [1.29, 1.82) is 10.5 Å². The van der Waals surface area contributed by atoms with Gasteiger partial charge in [-0.05, 0) is 30.7 Å². The van der Waals surface area contributed by atoms with Gasteiger partial charge >= 0.3 is 0 Å². The van der Waals surface area contributed by atoms with Crippen LogP contribution in [0.2, 0.25) is 0 Å². The van der Waals surface area contributed by atoms with Gasteiger partial charge in [0, 0.05) is 5.69 Å². The number of nitriles is 2. The number of aryl methyl sites for hydroxylation is 1. The van der Waals surface area contributed by atoms with Crippen molar-refractivity contribution in [2.75, 3.05) is 12.4 Å². The number of hydrogen-bond acceptors (Lipinski definition) is 5. The van der Waals surface area contributed by atoms with Gasteiger partial charge in [0.25, 0.3) is 0 Å². The first kappa shape index (κ1) is 14.1. The molecular formula is C13H13N5O. The van der Waals surface area contributed by atoms with Crippen molar-refractivity contribution in [3.8, 4) is 17.9 Å². The molecule has 0 heterocycles. The molecule has 0 spiro atoms. The van der Waals surface area contributed by atoms with Crippen molar-refractivity contribution in [3.63, 3.8) is 0 Å². The Bertz CT molecular complexity index is 604. The Morgan fingerprint density at radius 1 is 1.42 bits per heavy atom. The van der Waals surface area contributed by atoms with E-state index in [-0.39, 0.29) is 11.4 Å². The minimum atomic E-state index is -0.216. The standard InChI is InChI=1S/C13H13N5O/c1-9-5-10(19-2)3-4-12(9)17-8-18-13(7-15)11(16)6-14/h3-5,8H,16H2,1-2H3,(H,17,18). The lowest BCUT2D eigenvalue weighted by Crippen LogP contribution is -2.01. The SMILES string of the molecule is COc1ccc(NC=NC(C#N)=C(N)C#N)c(C)c1. The van der Waals surface area contributed by atoms with Crippen molar-refractivity contribution in [2.45, 2.75) is 6.92 Å². The molecule has 1 rings (SSSR count). The highest BCUT2D eigenvalue weighted by atomic mass is 16.5. The van der Waals surface area contributed by atoms with Crippen LogP contribution in [0.4, 0.5) is 5.69 Å². The molecule has 0 saturated heterocycles. The number of rotatable bonds is 4. The molecule has 0 bridgehead atoms. The molecule has 1 aromatic rings. The Labute approximate surface area is 111 Å². The van der Waals surface area contributed by atoms with E-state index in [1.807, 2.05) is 19.1 Å². The summed E-state index contributed by atoms with van der Waals surface area (Å²) >= 11 is 0. The van der Waals surface area contributed by atoms with E-state index in [0.717, 1.165) is 17.0 Å². The Balaban J connectivity index is 2.84. The predicted molar refractivity (Wildman–Crippen MR) is 72.3 cm³/mol. The van der Waals surface area contributed by atoms with Crippen LogP contribution >= 0.6 is 0 Å². The van der Waals surface area contributed by atoms with Gasteiger partial charge in [-0.25, -0.2) is 4.99 Å². The second-order valence-electron chi connectivity index (χ2n) is 3.57. The molecule has 0 aliphatic heterocycles. The fourth-order valence-electron chi connectivity index (χ4n) is 1.30. The zero-order chi connectivity index (χ0) is 14.3. The van der Waals surface area contributed by atoms with Crippen LogP contribution in [0, 0.1) is 29.6 Å². The van der Waals surface area contributed by atoms with Gasteiger partial charge in [0.05, 0.1) is 13.4 Å². The molecule has 0 aliphatic carbocycles. The molecular weight excluding hydrogens is 242 g/mol. The lowest BCUT2D eigenvalue weighted by molar-refractivity contribution is 0.414. The van der Waals surface area contributed by atoms with E-state index < -0.39 is 0 Å². The monoisotopic (exact) mass is 255 g/mol. The maximum atomic E-state index is 8.75. The predicted octanol–water partition coefficient (Wildman–Crippen LogP) is 1.66. The first-order valence-electron chi connectivity index (χ1n) is 5.36. The molecule has 6 heteroatoms. The van der Waals surface area contributed by atoms with Gasteiger partial charge in [-0.1, -0.05) is 0 Å². The first-order chi connectivity index (χ1) is 9.12. The molecule has 3 N–H and O–H groups in total. The number of anilines is 1. The maximum Gasteiger partial charge on any atom is 0.175 e. The Kier molecular flexibility index (Phi) is 4.94. The van der Waals surface area contributed by atoms with Crippen LogP contribution in [0.5, 0.6) is 5.75 Å². The second kappa shape index (κ2) is 6.67. The van der Waals surface area contributed by atoms with Crippen LogP contribution in [-0.4, -0.2) is 13.4 Å². The van der Waals surface area contributed by atoms with Gasteiger partial charge in [-0.2, -0.15) is 10.5 Å². The van der Waals surface area contributed by atoms with E-state index in [2.05, 4.69) is 10.3 Å². The molecule has 0 fully saturated rings. The minimum Gasteiger partial charge on any atom is -0.497 e. The van der Waals surface area contributed by atoms with E-state index in [1.165, 1.54) is 6.34 Å². The molecule has 0 atom stereocenters. The Hall–Kier alpha value is -2.99. The summed E-state index contributed by atoms with van der Waals surface area (Å²) in [6.07, 6.45) is 1.32. The number of aliphatic imine (C=N–C) groups is 1. The number of hydrogen-bond donors (Lipinski definition) is 2. The first-order valence-corrected chi connectivity index (χ1v) is 5.36. The highest BCUT2D eigenvalue weighted by Gasteiger charge is 2.00. The molecule has 0 aliphatic rings. The molecule has 0 amide bonds. The van der Waals surface area contributed by atoms with E-state index >= 15 is 0 Å². The van der Waals surface area contributed by atoms with Crippen LogP contribution in [-0.2, 0) is 0 Å². The molecule has 96 valence electrons. The lowest BCUT2D eigenvalue weighted by Gasteiger charge is -2.07. The summed E-state index contributed by atoms with van der Waals surface area (Å²) in [6.45, 7) is 1.91. The summed E-state index contributed by atoms with van der Waals surface area (Å²) in [5.74, 6) is 0.756. The number of ether oxygens (including phenoxy) is 1. The quantitative estimate of drug-likeness (QED) is 0.483. The fraction of sp³-hybridized carbons (Fsp3) is 0.154. The van der Waals surface area contributed by atoms with E-state index in [0.29, 0.717) is 0 Å². The van der Waals surface area contributed by atoms with Crippen molar-refractivity contribution in [1.82, 2.24) is 0 Å². The Morgan fingerprint density at radius 2 is 2.16 bits per heavy atom. The third-order valence-corrected chi connectivity index (χ3v) is 2.33. The molecule has 0 radical (unpaired) electrons. The van der Waals surface area contributed by atoms with Gasteiger partial charge in [-0.3, -0.25) is 0 Å². The van der Waals surface area contributed by atoms with Crippen molar-refractivity contribution >= 4 is 12.0 Å². The fourth-order valence-corrected chi connectivity index (χ4v) is 1.30. The molecule has 6 nitrogen and oxygen atoms in total. The Morgan fingerprint density at radius 3 is 2.68 bits per heavy atom. The third-order valence-electron chi connectivity index (χ3n) is 2.33. The van der Waals surface area contributed by atoms with Crippen LogP contribution in [0.1, 0.15) is 5.56 Å². The maximum absolute atomic E-state index is 8.75. The van der Waals surface area contributed by atoms with Crippen LogP contribution < -0.4 is 15.8 Å². The summed E-state index contributed by atoms with van der Waals surface area (Å²) in [5, 5.41) is 20.2. The highest BCUT2D eigenvalue weighted by Crippen LogP contribution is 2.20. The number of allylic oxidation sites excluding steroid dienone is 2. The van der Waals surface area contributed by atoms with Crippen LogP contribution in [0.3, 0.4) is 0 Å². The lowest BCUT2D eigenvalue weighted by atomic mass is 10.2. The largest absolute Gasteiger partial charge is 0.497 e.